The summed E-state index contributed by atoms with van der Waals surface area (Å²) in [6.45, 7) is 0. The van der Waals surface area contributed by atoms with E-state index in [0.29, 0.717) is 0 Å². The Balaban J connectivity index is 1.34. The SMILES string of the molecule is N#CC1C=CC2=C3C(=CC=CC31)Oc1cc(-c3ccc4ccc5cccc6ccc3c4c56)ccc12. The summed E-state index contributed by atoms with van der Waals surface area (Å²) in [6.07, 6.45) is 10.3. The average molecular weight is 446 g/mol. The Labute approximate surface area is 202 Å². The van der Waals surface area contributed by atoms with Gasteiger partial charge < -0.3 is 4.74 Å². The second kappa shape index (κ2) is 6.72. The monoisotopic (exact) mass is 445 g/mol. The molecule has 0 bridgehead atoms. The zero-order chi connectivity index (χ0) is 23.1. The largest absolute Gasteiger partial charge is 0.456 e. The Morgan fingerprint density at radius 3 is 2.40 bits per heavy atom. The van der Waals surface area contributed by atoms with Crippen LogP contribution >= 0.6 is 0 Å². The van der Waals surface area contributed by atoms with E-state index in [0.717, 1.165) is 28.2 Å². The number of fused-ring (bicyclic) bond motifs is 2. The molecule has 2 heteroatoms. The van der Waals surface area contributed by atoms with Gasteiger partial charge in [-0.15, -0.1) is 0 Å². The van der Waals surface area contributed by atoms with E-state index < -0.39 is 0 Å². The molecule has 0 saturated heterocycles. The number of rotatable bonds is 1. The van der Waals surface area contributed by atoms with Gasteiger partial charge in [0.25, 0.3) is 0 Å². The van der Waals surface area contributed by atoms with Crippen LogP contribution in [0.3, 0.4) is 0 Å². The lowest BCUT2D eigenvalue weighted by molar-refractivity contribution is 0.409. The molecule has 8 rings (SSSR count). The quantitative estimate of drug-likeness (QED) is 0.244. The van der Waals surface area contributed by atoms with Gasteiger partial charge in [0.1, 0.15) is 11.5 Å². The first kappa shape index (κ1) is 18.8. The third-order valence-corrected chi connectivity index (χ3v) is 7.79. The maximum absolute atomic E-state index is 9.62. The molecule has 1 aliphatic heterocycles. The highest BCUT2D eigenvalue weighted by Gasteiger charge is 2.35. The zero-order valence-electron chi connectivity index (χ0n) is 18.8. The Hall–Kier alpha value is -4.61. The summed E-state index contributed by atoms with van der Waals surface area (Å²) >= 11 is 0. The van der Waals surface area contributed by atoms with Crippen molar-refractivity contribution in [2.24, 2.45) is 11.8 Å². The second-order valence-corrected chi connectivity index (χ2v) is 9.57. The van der Waals surface area contributed by atoms with Crippen molar-refractivity contribution < 1.29 is 4.74 Å². The molecule has 0 spiro atoms. The van der Waals surface area contributed by atoms with E-state index in [1.165, 1.54) is 43.5 Å². The molecule has 0 saturated carbocycles. The lowest BCUT2D eigenvalue weighted by atomic mass is 9.74. The van der Waals surface area contributed by atoms with Crippen LogP contribution < -0.4 is 4.74 Å². The summed E-state index contributed by atoms with van der Waals surface area (Å²) in [6, 6.07) is 28.9. The fourth-order valence-corrected chi connectivity index (χ4v) is 6.18. The van der Waals surface area contributed by atoms with Crippen LogP contribution in [-0.4, -0.2) is 0 Å². The van der Waals surface area contributed by atoms with Crippen LogP contribution in [0, 0.1) is 23.2 Å². The molecule has 5 aromatic carbocycles. The zero-order valence-corrected chi connectivity index (χ0v) is 18.8. The lowest BCUT2D eigenvalue weighted by Crippen LogP contribution is -2.24. The average Bonchev–Trinajstić information content (AvgIpc) is 2.91. The van der Waals surface area contributed by atoms with Crippen LogP contribution in [0.15, 0.2) is 115 Å². The van der Waals surface area contributed by atoms with Crippen LogP contribution in [0.4, 0.5) is 0 Å². The number of hydrogen-bond donors (Lipinski definition) is 0. The van der Waals surface area contributed by atoms with Crippen molar-refractivity contribution >= 4 is 37.9 Å². The Bertz CT molecular complexity index is 1880. The maximum Gasteiger partial charge on any atom is 0.135 e. The highest BCUT2D eigenvalue weighted by atomic mass is 16.5. The summed E-state index contributed by atoms with van der Waals surface area (Å²) in [4.78, 5) is 0. The molecule has 1 heterocycles. The lowest BCUT2D eigenvalue weighted by Gasteiger charge is -2.34. The van der Waals surface area contributed by atoms with Gasteiger partial charge >= 0.3 is 0 Å². The standard InChI is InChI=1S/C33H19NO/c34-18-23-12-16-28-26-14-11-22(17-30(26)35-29-6-2-5-25(23)33(28)29)24-13-9-21-8-7-19-3-1-4-20-10-15-27(24)32(21)31(19)20/h1-17,23,25H. The van der Waals surface area contributed by atoms with E-state index in [4.69, 9.17) is 4.74 Å². The van der Waals surface area contributed by atoms with Crippen molar-refractivity contribution in [1.29, 1.82) is 5.26 Å². The molecule has 0 amide bonds. The molecule has 0 aromatic heterocycles. The van der Waals surface area contributed by atoms with Gasteiger partial charge in [-0.05, 0) is 61.2 Å². The maximum atomic E-state index is 9.62. The summed E-state index contributed by atoms with van der Waals surface area (Å²) in [7, 11) is 0. The summed E-state index contributed by atoms with van der Waals surface area (Å²) < 4.78 is 6.46. The van der Waals surface area contributed by atoms with Crippen LogP contribution in [0.5, 0.6) is 5.75 Å². The van der Waals surface area contributed by atoms with Crippen molar-refractivity contribution in [2.45, 2.75) is 0 Å². The fourth-order valence-electron chi connectivity index (χ4n) is 6.18. The van der Waals surface area contributed by atoms with E-state index in [1.54, 1.807) is 0 Å². The van der Waals surface area contributed by atoms with Gasteiger partial charge in [0, 0.05) is 17.1 Å². The van der Waals surface area contributed by atoms with Crippen LogP contribution in [0.2, 0.25) is 0 Å². The number of allylic oxidation sites excluding steroid dienone is 7. The molecule has 35 heavy (non-hydrogen) atoms. The Kier molecular flexibility index (Phi) is 3.60. The first-order chi connectivity index (χ1) is 17.3. The highest BCUT2D eigenvalue weighted by Crippen LogP contribution is 2.49. The van der Waals surface area contributed by atoms with Crippen molar-refractivity contribution in [2.75, 3.05) is 0 Å². The Morgan fingerprint density at radius 2 is 1.54 bits per heavy atom. The van der Waals surface area contributed by atoms with Crippen molar-refractivity contribution in [3.63, 3.8) is 0 Å². The van der Waals surface area contributed by atoms with Gasteiger partial charge in [0.15, 0.2) is 0 Å². The van der Waals surface area contributed by atoms with Gasteiger partial charge in [-0.2, -0.15) is 5.26 Å². The molecule has 3 aliphatic rings. The second-order valence-electron chi connectivity index (χ2n) is 9.57. The number of hydrogen-bond acceptors (Lipinski definition) is 2. The minimum absolute atomic E-state index is 0.0467. The molecule has 5 aromatic rings. The van der Waals surface area contributed by atoms with Crippen molar-refractivity contribution in [3.8, 4) is 22.9 Å². The summed E-state index contributed by atoms with van der Waals surface area (Å²) in [5.41, 5.74) is 5.74. The van der Waals surface area contributed by atoms with E-state index in [2.05, 4.69) is 91.0 Å². The van der Waals surface area contributed by atoms with E-state index in [9.17, 15) is 5.26 Å². The molecule has 2 nitrogen and oxygen atoms in total. The Morgan fingerprint density at radius 1 is 0.771 bits per heavy atom. The van der Waals surface area contributed by atoms with Crippen molar-refractivity contribution in [3.05, 3.63) is 120 Å². The van der Waals surface area contributed by atoms with Crippen molar-refractivity contribution in [1.82, 2.24) is 0 Å². The van der Waals surface area contributed by atoms with Gasteiger partial charge in [-0.25, -0.2) is 0 Å². The number of nitrogens with zero attached hydrogens (tertiary/aromatic N) is 1. The normalized spacial score (nSPS) is 20.0. The molecule has 2 unspecified atom stereocenters. The third kappa shape index (κ3) is 2.47. The van der Waals surface area contributed by atoms with Crippen LogP contribution in [0.1, 0.15) is 5.56 Å². The van der Waals surface area contributed by atoms with Gasteiger partial charge in [-0.1, -0.05) is 91.0 Å². The third-order valence-electron chi connectivity index (χ3n) is 7.79. The molecule has 0 N–H and O–H groups in total. The first-order valence-corrected chi connectivity index (χ1v) is 12.0. The molecule has 162 valence electrons. The molecule has 0 radical (unpaired) electrons. The predicted octanol–water partition coefficient (Wildman–Crippen LogP) is 8.18. The smallest absolute Gasteiger partial charge is 0.135 e. The van der Waals surface area contributed by atoms with Gasteiger partial charge in [-0.3, -0.25) is 0 Å². The fraction of sp³-hybridized carbons (Fsp3) is 0.0606. The number of ether oxygens (including phenoxy) is 1. The van der Waals surface area contributed by atoms with Crippen LogP contribution in [-0.2, 0) is 0 Å². The molecule has 2 aliphatic carbocycles. The number of nitriles is 1. The summed E-state index contributed by atoms with van der Waals surface area (Å²) in [5, 5.41) is 17.4. The first-order valence-electron chi connectivity index (χ1n) is 12.0. The number of benzene rings is 5. The highest BCUT2D eigenvalue weighted by molar-refractivity contribution is 6.25. The van der Waals surface area contributed by atoms with E-state index >= 15 is 0 Å². The predicted molar refractivity (Wildman–Crippen MR) is 142 cm³/mol. The molecular formula is C33H19NO. The molecular weight excluding hydrogens is 426 g/mol. The van der Waals surface area contributed by atoms with Crippen LogP contribution in [0.25, 0.3) is 49.0 Å². The minimum Gasteiger partial charge on any atom is -0.456 e. The van der Waals surface area contributed by atoms with E-state index in [-0.39, 0.29) is 11.8 Å². The topological polar surface area (TPSA) is 33.0 Å². The minimum atomic E-state index is -0.157. The molecule has 0 fully saturated rings. The van der Waals surface area contributed by atoms with E-state index in [1.807, 2.05) is 18.2 Å². The van der Waals surface area contributed by atoms with Gasteiger partial charge in [0.2, 0.25) is 0 Å². The van der Waals surface area contributed by atoms with Gasteiger partial charge in [0.05, 0.1) is 12.0 Å². The summed E-state index contributed by atoms with van der Waals surface area (Å²) in [5.74, 6) is 1.62. The molecule has 2 atom stereocenters.